The van der Waals surface area contributed by atoms with Crippen molar-refractivity contribution < 1.29 is 4.92 Å². The summed E-state index contributed by atoms with van der Waals surface area (Å²) in [7, 11) is 0. The van der Waals surface area contributed by atoms with Gasteiger partial charge in [0.15, 0.2) is 11.5 Å². The standard InChI is InChI=1S/C15H9N5O2S/c21-20(22)10-7-5-9(6-8-10)13-17-14-11-3-1-2-4-12(11)16-15(23)19(14)18-13/h1-8H,(H,17,18). The van der Waals surface area contributed by atoms with E-state index in [1.807, 2.05) is 24.3 Å². The van der Waals surface area contributed by atoms with Crippen molar-refractivity contribution in [1.29, 1.82) is 0 Å². The molecule has 0 radical (unpaired) electrons. The van der Waals surface area contributed by atoms with Gasteiger partial charge in [0.1, 0.15) is 0 Å². The summed E-state index contributed by atoms with van der Waals surface area (Å²) < 4.78 is 2.01. The van der Waals surface area contributed by atoms with Crippen molar-refractivity contribution in [1.82, 2.24) is 19.6 Å². The first-order valence-corrected chi connectivity index (χ1v) is 7.17. The molecule has 0 aliphatic heterocycles. The number of nitro groups is 1. The Morgan fingerprint density at radius 3 is 2.57 bits per heavy atom. The summed E-state index contributed by atoms with van der Waals surface area (Å²) in [5.41, 5.74) is 2.22. The van der Waals surface area contributed by atoms with Gasteiger partial charge in [0.2, 0.25) is 4.77 Å². The van der Waals surface area contributed by atoms with Crippen LogP contribution in [0.3, 0.4) is 0 Å². The van der Waals surface area contributed by atoms with E-state index < -0.39 is 4.92 Å². The van der Waals surface area contributed by atoms with Gasteiger partial charge in [-0.3, -0.25) is 15.2 Å². The number of hydrogen-bond acceptors (Lipinski definition) is 5. The first-order chi connectivity index (χ1) is 11.1. The van der Waals surface area contributed by atoms with Crippen molar-refractivity contribution in [2.24, 2.45) is 0 Å². The Morgan fingerprint density at radius 1 is 1.09 bits per heavy atom. The number of aromatic nitrogens is 4. The third-order valence-electron chi connectivity index (χ3n) is 3.55. The van der Waals surface area contributed by atoms with Crippen LogP contribution in [0.25, 0.3) is 27.9 Å². The van der Waals surface area contributed by atoms with Gasteiger partial charge in [-0.2, -0.15) is 0 Å². The van der Waals surface area contributed by atoms with E-state index >= 15 is 0 Å². The van der Waals surface area contributed by atoms with Crippen molar-refractivity contribution in [2.45, 2.75) is 0 Å². The summed E-state index contributed by atoms with van der Waals surface area (Å²) in [5.74, 6) is 0.573. The third-order valence-corrected chi connectivity index (χ3v) is 3.82. The molecule has 0 unspecified atom stereocenters. The van der Waals surface area contributed by atoms with Crippen LogP contribution in [0, 0.1) is 14.9 Å². The van der Waals surface area contributed by atoms with E-state index in [9.17, 15) is 10.1 Å². The largest absolute Gasteiger partial charge is 0.273 e. The van der Waals surface area contributed by atoms with Gasteiger partial charge in [0.05, 0.1) is 10.4 Å². The van der Waals surface area contributed by atoms with E-state index in [4.69, 9.17) is 12.2 Å². The third kappa shape index (κ3) is 2.16. The number of H-pyrrole nitrogens is 1. The average Bonchev–Trinajstić information content (AvgIpc) is 3.01. The average molecular weight is 323 g/mol. The van der Waals surface area contributed by atoms with Crippen LogP contribution in [0.4, 0.5) is 5.69 Å². The van der Waals surface area contributed by atoms with E-state index in [-0.39, 0.29) is 5.69 Å². The zero-order valence-corrected chi connectivity index (χ0v) is 12.4. The first-order valence-electron chi connectivity index (χ1n) is 6.76. The normalized spacial score (nSPS) is 11.1. The molecule has 7 nitrogen and oxygen atoms in total. The van der Waals surface area contributed by atoms with Crippen LogP contribution in [0.5, 0.6) is 0 Å². The Bertz CT molecular complexity index is 1110. The molecule has 0 atom stereocenters. The summed E-state index contributed by atoms with van der Waals surface area (Å²) in [6.07, 6.45) is 0. The van der Waals surface area contributed by atoms with Crippen LogP contribution in [0.1, 0.15) is 0 Å². The highest BCUT2D eigenvalue weighted by atomic mass is 32.1. The first kappa shape index (κ1) is 13.5. The fourth-order valence-corrected chi connectivity index (χ4v) is 2.67. The van der Waals surface area contributed by atoms with Gasteiger partial charge in [0, 0.05) is 23.1 Å². The molecule has 8 heteroatoms. The van der Waals surface area contributed by atoms with Crippen LogP contribution in [0.2, 0.25) is 0 Å². The van der Waals surface area contributed by atoms with Crippen molar-refractivity contribution in [2.75, 3.05) is 0 Å². The predicted octanol–water partition coefficient (Wildman–Crippen LogP) is 3.52. The molecule has 0 spiro atoms. The van der Waals surface area contributed by atoms with Crippen molar-refractivity contribution >= 4 is 34.5 Å². The molecule has 0 aliphatic carbocycles. The molecule has 0 aliphatic rings. The predicted molar refractivity (Wildman–Crippen MR) is 87.8 cm³/mol. The van der Waals surface area contributed by atoms with E-state index in [0.717, 1.165) is 16.5 Å². The van der Waals surface area contributed by atoms with Gasteiger partial charge in [0.25, 0.3) is 5.69 Å². The maximum atomic E-state index is 10.7. The molecule has 2 heterocycles. The van der Waals surface area contributed by atoms with Gasteiger partial charge in [-0.25, -0.2) is 14.5 Å². The van der Waals surface area contributed by atoms with Crippen LogP contribution in [-0.4, -0.2) is 24.5 Å². The van der Waals surface area contributed by atoms with Gasteiger partial charge in [-0.1, -0.05) is 12.1 Å². The number of nitrogens with one attached hydrogen (secondary N) is 1. The molecule has 112 valence electrons. The van der Waals surface area contributed by atoms with E-state index in [0.29, 0.717) is 16.2 Å². The van der Waals surface area contributed by atoms with Gasteiger partial charge in [-0.15, -0.1) is 0 Å². The number of para-hydroxylation sites is 1. The quantitative estimate of drug-likeness (QED) is 0.346. The zero-order valence-electron chi connectivity index (χ0n) is 11.6. The maximum absolute atomic E-state index is 10.7. The molecule has 0 saturated heterocycles. The van der Waals surface area contributed by atoms with E-state index in [1.165, 1.54) is 12.1 Å². The summed E-state index contributed by atoms with van der Waals surface area (Å²) in [4.78, 5) is 19.2. The lowest BCUT2D eigenvalue weighted by atomic mass is 10.2. The molecule has 0 fully saturated rings. The highest BCUT2D eigenvalue weighted by Gasteiger charge is 2.11. The zero-order chi connectivity index (χ0) is 16.0. The molecular weight excluding hydrogens is 314 g/mol. The molecule has 0 saturated carbocycles. The number of hydrogen-bond donors (Lipinski definition) is 1. The molecule has 0 amide bonds. The highest BCUT2D eigenvalue weighted by Crippen LogP contribution is 2.23. The Labute approximate surface area is 134 Å². The number of rotatable bonds is 2. The lowest BCUT2D eigenvalue weighted by molar-refractivity contribution is -0.384. The lowest BCUT2D eigenvalue weighted by Crippen LogP contribution is -1.94. The summed E-state index contributed by atoms with van der Waals surface area (Å²) in [5, 5.41) is 14.7. The summed E-state index contributed by atoms with van der Waals surface area (Å²) >= 11 is 5.29. The minimum absolute atomic E-state index is 0.0357. The molecule has 4 rings (SSSR count). The molecule has 23 heavy (non-hydrogen) atoms. The Kier molecular flexibility index (Phi) is 2.91. The molecule has 2 aromatic carbocycles. The van der Waals surface area contributed by atoms with Crippen LogP contribution < -0.4 is 0 Å². The van der Waals surface area contributed by atoms with E-state index in [2.05, 4.69) is 15.1 Å². The summed E-state index contributed by atoms with van der Waals surface area (Å²) in [6, 6.07) is 13.8. The van der Waals surface area contributed by atoms with Gasteiger partial charge in [-0.05, 0) is 36.5 Å². The second kappa shape index (κ2) is 4.96. The topological polar surface area (TPSA) is 89.1 Å². The van der Waals surface area contributed by atoms with Crippen LogP contribution in [-0.2, 0) is 0 Å². The van der Waals surface area contributed by atoms with Crippen LogP contribution in [0.15, 0.2) is 48.5 Å². The Morgan fingerprint density at radius 2 is 1.83 bits per heavy atom. The number of benzene rings is 2. The monoisotopic (exact) mass is 323 g/mol. The summed E-state index contributed by atoms with van der Waals surface area (Å²) in [6.45, 7) is 0. The second-order valence-electron chi connectivity index (χ2n) is 4.95. The smallest absolute Gasteiger partial charge is 0.269 e. The number of nitro benzene ring substituents is 1. The van der Waals surface area contributed by atoms with E-state index in [1.54, 1.807) is 16.6 Å². The number of nitrogens with zero attached hydrogens (tertiary/aromatic N) is 4. The van der Waals surface area contributed by atoms with Crippen LogP contribution >= 0.6 is 12.2 Å². The fraction of sp³-hybridized carbons (Fsp3) is 0. The minimum Gasteiger partial charge on any atom is -0.273 e. The fourth-order valence-electron chi connectivity index (χ4n) is 2.44. The number of non-ortho nitro benzene ring substituents is 1. The maximum Gasteiger partial charge on any atom is 0.269 e. The molecular formula is C15H9N5O2S. The van der Waals surface area contributed by atoms with Crippen molar-refractivity contribution in [3.63, 3.8) is 0 Å². The van der Waals surface area contributed by atoms with Gasteiger partial charge >= 0.3 is 0 Å². The minimum atomic E-state index is -0.435. The lowest BCUT2D eigenvalue weighted by Gasteiger charge is -1.98. The number of aromatic amines is 1. The molecule has 1 N–H and O–H groups in total. The van der Waals surface area contributed by atoms with Crippen molar-refractivity contribution in [3.8, 4) is 11.4 Å². The van der Waals surface area contributed by atoms with Gasteiger partial charge < -0.3 is 0 Å². The number of fused-ring (bicyclic) bond motifs is 3. The molecule has 4 aromatic rings. The highest BCUT2D eigenvalue weighted by molar-refractivity contribution is 7.71. The Hall–Kier alpha value is -3.13. The second-order valence-corrected chi connectivity index (χ2v) is 5.31. The van der Waals surface area contributed by atoms with Crippen molar-refractivity contribution in [3.05, 3.63) is 63.4 Å². The molecule has 0 bridgehead atoms. The Balaban J connectivity index is 1.95. The SMILES string of the molecule is O=[N+]([O-])c1ccc(-c2nc3c4ccccc4nc(=S)n3[nH]2)cc1. The molecule has 2 aromatic heterocycles.